The van der Waals surface area contributed by atoms with Crippen molar-refractivity contribution in [2.75, 3.05) is 19.7 Å². The summed E-state index contributed by atoms with van der Waals surface area (Å²) in [6.07, 6.45) is 2.84. The summed E-state index contributed by atoms with van der Waals surface area (Å²) in [6.45, 7) is 4.23. The number of rotatable bonds is 3. The van der Waals surface area contributed by atoms with Gasteiger partial charge in [0.15, 0.2) is 0 Å². The van der Waals surface area contributed by atoms with Gasteiger partial charge in [0.05, 0.1) is 23.2 Å². The van der Waals surface area contributed by atoms with Gasteiger partial charge in [-0.1, -0.05) is 0 Å². The molecule has 2 saturated heterocycles. The SMILES string of the molecule is Cc1ccc(OC2COC3(CCNCC3)C2)cc1[N+](=O)[O-]. The zero-order chi connectivity index (χ0) is 14.9. The predicted molar refractivity (Wildman–Crippen MR) is 77.7 cm³/mol. The number of ether oxygens (including phenoxy) is 2. The number of nitro groups is 1. The Kier molecular flexibility index (Phi) is 3.82. The average Bonchev–Trinajstić information content (AvgIpc) is 2.84. The minimum absolute atomic E-state index is 0.0228. The van der Waals surface area contributed by atoms with E-state index < -0.39 is 0 Å². The van der Waals surface area contributed by atoms with Crippen LogP contribution in [0.5, 0.6) is 5.75 Å². The van der Waals surface area contributed by atoms with Crippen molar-refractivity contribution >= 4 is 5.69 Å². The molecule has 1 unspecified atom stereocenters. The van der Waals surface area contributed by atoms with Gasteiger partial charge in [-0.05, 0) is 45.0 Å². The molecule has 0 radical (unpaired) electrons. The molecule has 2 aliphatic rings. The summed E-state index contributed by atoms with van der Waals surface area (Å²) in [5, 5.41) is 14.3. The van der Waals surface area contributed by atoms with Crippen molar-refractivity contribution in [3.05, 3.63) is 33.9 Å². The van der Waals surface area contributed by atoms with E-state index in [9.17, 15) is 10.1 Å². The van der Waals surface area contributed by atoms with E-state index in [4.69, 9.17) is 9.47 Å². The van der Waals surface area contributed by atoms with E-state index in [1.54, 1.807) is 19.1 Å². The van der Waals surface area contributed by atoms with Crippen molar-refractivity contribution in [2.45, 2.75) is 37.9 Å². The highest BCUT2D eigenvalue weighted by molar-refractivity contribution is 5.45. The smallest absolute Gasteiger partial charge is 0.276 e. The molecule has 0 bridgehead atoms. The minimum Gasteiger partial charge on any atom is -0.488 e. The molecule has 2 fully saturated rings. The molecule has 6 heteroatoms. The molecule has 1 aromatic rings. The van der Waals surface area contributed by atoms with Crippen LogP contribution in [0, 0.1) is 17.0 Å². The standard InChI is InChI=1S/C15H20N2O4/c1-11-2-3-12(8-14(11)17(18)19)21-13-9-15(20-10-13)4-6-16-7-5-15/h2-3,8,13,16H,4-7,9-10H2,1H3. The molecule has 0 amide bonds. The predicted octanol–water partition coefficient (Wildman–Crippen LogP) is 2.19. The van der Waals surface area contributed by atoms with Gasteiger partial charge >= 0.3 is 0 Å². The monoisotopic (exact) mass is 292 g/mol. The lowest BCUT2D eigenvalue weighted by Crippen LogP contribution is -2.41. The number of nitrogens with zero attached hydrogens (tertiary/aromatic N) is 1. The number of nitrogens with one attached hydrogen (secondary N) is 1. The van der Waals surface area contributed by atoms with Gasteiger partial charge in [0.2, 0.25) is 0 Å². The maximum absolute atomic E-state index is 11.0. The molecule has 0 aliphatic carbocycles. The molecular weight excluding hydrogens is 272 g/mol. The van der Waals surface area contributed by atoms with Crippen molar-refractivity contribution < 1.29 is 14.4 Å². The van der Waals surface area contributed by atoms with Gasteiger partial charge in [0.1, 0.15) is 11.9 Å². The van der Waals surface area contributed by atoms with E-state index in [2.05, 4.69) is 5.32 Å². The zero-order valence-electron chi connectivity index (χ0n) is 12.1. The quantitative estimate of drug-likeness (QED) is 0.683. The van der Waals surface area contributed by atoms with E-state index in [1.807, 2.05) is 0 Å². The summed E-state index contributed by atoms with van der Waals surface area (Å²) in [6, 6.07) is 5.02. The van der Waals surface area contributed by atoms with Crippen LogP contribution in [0.15, 0.2) is 18.2 Å². The fourth-order valence-electron chi connectivity index (χ4n) is 3.16. The molecule has 21 heavy (non-hydrogen) atoms. The molecule has 2 heterocycles. The highest BCUT2D eigenvalue weighted by Crippen LogP contribution is 2.36. The van der Waals surface area contributed by atoms with E-state index in [0.29, 0.717) is 17.9 Å². The van der Waals surface area contributed by atoms with E-state index in [1.165, 1.54) is 6.07 Å². The molecule has 1 aromatic carbocycles. The maximum Gasteiger partial charge on any atom is 0.276 e. The topological polar surface area (TPSA) is 73.6 Å². The third-order valence-electron chi connectivity index (χ3n) is 4.37. The Balaban J connectivity index is 1.67. The zero-order valence-corrected chi connectivity index (χ0v) is 12.1. The number of aryl methyl sites for hydroxylation is 1. The van der Waals surface area contributed by atoms with E-state index in [0.717, 1.165) is 32.4 Å². The van der Waals surface area contributed by atoms with Crippen molar-refractivity contribution in [3.63, 3.8) is 0 Å². The van der Waals surface area contributed by atoms with Gasteiger partial charge in [-0.3, -0.25) is 10.1 Å². The molecule has 3 rings (SSSR count). The molecule has 2 aliphatic heterocycles. The third kappa shape index (κ3) is 3.01. The van der Waals surface area contributed by atoms with Gasteiger partial charge in [-0.15, -0.1) is 0 Å². The molecule has 1 atom stereocenters. The van der Waals surface area contributed by atoms with Gasteiger partial charge in [0.25, 0.3) is 5.69 Å². The molecular formula is C15H20N2O4. The van der Waals surface area contributed by atoms with Gasteiger partial charge < -0.3 is 14.8 Å². The Morgan fingerprint density at radius 2 is 2.19 bits per heavy atom. The second-order valence-electron chi connectivity index (χ2n) is 5.89. The molecule has 0 aromatic heterocycles. The first kappa shape index (κ1) is 14.3. The normalized spacial score (nSPS) is 24.1. The minimum atomic E-state index is -0.373. The van der Waals surface area contributed by atoms with Gasteiger partial charge in [-0.25, -0.2) is 0 Å². The summed E-state index contributed by atoms with van der Waals surface area (Å²) in [4.78, 5) is 10.6. The number of piperidine rings is 1. The van der Waals surface area contributed by atoms with Crippen molar-refractivity contribution in [1.82, 2.24) is 5.32 Å². The van der Waals surface area contributed by atoms with Crippen molar-refractivity contribution in [1.29, 1.82) is 0 Å². The molecule has 6 nitrogen and oxygen atoms in total. The Morgan fingerprint density at radius 3 is 2.90 bits per heavy atom. The van der Waals surface area contributed by atoms with Crippen LogP contribution in [-0.4, -0.2) is 36.3 Å². The second-order valence-corrected chi connectivity index (χ2v) is 5.89. The average molecular weight is 292 g/mol. The summed E-state index contributed by atoms with van der Waals surface area (Å²) in [5.74, 6) is 0.548. The highest BCUT2D eigenvalue weighted by Gasteiger charge is 2.42. The first-order valence-corrected chi connectivity index (χ1v) is 7.34. The van der Waals surface area contributed by atoms with Crippen LogP contribution in [0.1, 0.15) is 24.8 Å². The Morgan fingerprint density at radius 1 is 1.43 bits per heavy atom. The molecule has 0 saturated carbocycles. The number of hydrogen-bond acceptors (Lipinski definition) is 5. The van der Waals surface area contributed by atoms with Crippen LogP contribution in [0.4, 0.5) is 5.69 Å². The first-order valence-electron chi connectivity index (χ1n) is 7.34. The summed E-state index contributed by atoms with van der Waals surface area (Å²) in [5.41, 5.74) is 0.680. The molecule has 1 N–H and O–H groups in total. The van der Waals surface area contributed by atoms with Gasteiger partial charge in [0, 0.05) is 12.0 Å². The Bertz CT molecular complexity index is 540. The van der Waals surface area contributed by atoms with Crippen LogP contribution < -0.4 is 10.1 Å². The Hall–Kier alpha value is -1.66. The van der Waals surface area contributed by atoms with E-state index in [-0.39, 0.29) is 22.3 Å². The maximum atomic E-state index is 11.0. The fourth-order valence-corrected chi connectivity index (χ4v) is 3.16. The number of nitro benzene ring substituents is 1. The Labute approximate surface area is 123 Å². The van der Waals surface area contributed by atoms with Gasteiger partial charge in [-0.2, -0.15) is 0 Å². The van der Waals surface area contributed by atoms with Crippen LogP contribution in [0.25, 0.3) is 0 Å². The summed E-state index contributed by atoms with van der Waals surface area (Å²) >= 11 is 0. The van der Waals surface area contributed by atoms with E-state index >= 15 is 0 Å². The van der Waals surface area contributed by atoms with Crippen molar-refractivity contribution in [3.8, 4) is 5.75 Å². The lowest BCUT2D eigenvalue weighted by Gasteiger charge is -2.32. The second kappa shape index (κ2) is 5.61. The lowest BCUT2D eigenvalue weighted by molar-refractivity contribution is -0.385. The number of hydrogen-bond donors (Lipinski definition) is 1. The third-order valence-corrected chi connectivity index (χ3v) is 4.37. The van der Waals surface area contributed by atoms with Crippen molar-refractivity contribution in [2.24, 2.45) is 0 Å². The van der Waals surface area contributed by atoms with Crippen LogP contribution in [0.3, 0.4) is 0 Å². The summed E-state index contributed by atoms with van der Waals surface area (Å²) < 4.78 is 11.9. The molecule has 1 spiro atoms. The fraction of sp³-hybridized carbons (Fsp3) is 0.600. The highest BCUT2D eigenvalue weighted by atomic mass is 16.6. The molecule has 114 valence electrons. The lowest BCUT2D eigenvalue weighted by atomic mass is 9.89. The largest absolute Gasteiger partial charge is 0.488 e. The van der Waals surface area contributed by atoms with Crippen LogP contribution in [-0.2, 0) is 4.74 Å². The first-order chi connectivity index (χ1) is 10.1. The summed E-state index contributed by atoms with van der Waals surface area (Å²) in [7, 11) is 0. The van der Waals surface area contributed by atoms with Crippen LogP contribution >= 0.6 is 0 Å². The number of benzene rings is 1. The van der Waals surface area contributed by atoms with Crippen LogP contribution in [0.2, 0.25) is 0 Å².